The molecule has 1 aliphatic rings. The van der Waals surface area contributed by atoms with Gasteiger partial charge in [0.2, 0.25) is 0 Å². The summed E-state index contributed by atoms with van der Waals surface area (Å²) in [4.78, 5) is 2.47. The van der Waals surface area contributed by atoms with Crippen molar-refractivity contribution in [1.29, 1.82) is 0 Å². The van der Waals surface area contributed by atoms with Gasteiger partial charge < -0.3 is 13.6 Å². The molecule has 5 rings (SSSR count). The Bertz CT molecular complexity index is 1140. The number of ether oxygens (including phenoxy) is 1. The third-order valence-corrected chi connectivity index (χ3v) is 5.55. The number of nitrogens with zero attached hydrogens (tertiary/aromatic N) is 1. The molecule has 0 atom stereocenters. The van der Waals surface area contributed by atoms with Crippen LogP contribution in [0.5, 0.6) is 5.75 Å². The maximum Gasteiger partial charge on any atom is 0.177 e. The van der Waals surface area contributed by atoms with Crippen LogP contribution >= 0.6 is 0 Å². The molecule has 146 valence electrons. The van der Waals surface area contributed by atoms with Gasteiger partial charge in [-0.25, -0.2) is 0 Å². The molecule has 0 saturated carbocycles. The van der Waals surface area contributed by atoms with Crippen molar-refractivity contribution in [1.82, 2.24) is 4.90 Å². The molecule has 4 nitrogen and oxygen atoms in total. The average Bonchev–Trinajstić information content (AvgIpc) is 3.45. The van der Waals surface area contributed by atoms with E-state index >= 15 is 0 Å². The van der Waals surface area contributed by atoms with Crippen molar-refractivity contribution in [2.75, 3.05) is 20.2 Å². The highest BCUT2D eigenvalue weighted by Crippen LogP contribution is 2.36. The summed E-state index contributed by atoms with van der Waals surface area (Å²) in [7, 11) is 1.67. The summed E-state index contributed by atoms with van der Waals surface area (Å²) in [5, 5.41) is 1.08. The molecule has 1 aliphatic heterocycles. The first-order valence-electron chi connectivity index (χ1n) is 9.92. The van der Waals surface area contributed by atoms with E-state index in [9.17, 15) is 0 Å². The monoisotopic (exact) mass is 385 g/mol. The number of fused-ring (bicyclic) bond motifs is 1. The summed E-state index contributed by atoms with van der Waals surface area (Å²) >= 11 is 0. The van der Waals surface area contributed by atoms with Gasteiger partial charge in [-0.05, 0) is 47.4 Å². The van der Waals surface area contributed by atoms with Crippen molar-refractivity contribution in [3.63, 3.8) is 0 Å². The third kappa shape index (κ3) is 3.47. The fourth-order valence-corrected chi connectivity index (χ4v) is 4.00. The van der Waals surface area contributed by atoms with E-state index in [-0.39, 0.29) is 0 Å². The third-order valence-electron chi connectivity index (χ3n) is 5.55. The lowest BCUT2D eigenvalue weighted by atomic mass is 9.99. The molecular weight excluding hydrogens is 362 g/mol. The van der Waals surface area contributed by atoms with E-state index < -0.39 is 0 Å². The van der Waals surface area contributed by atoms with Crippen molar-refractivity contribution in [3.05, 3.63) is 84.1 Å². The van der Waals surface area contributed by atoms with Crippen LogP contribution in [0.1, 0.15) is 17.5 Å². The van der Waals surface area contributed by atoms with Gasteiger partial charge in [0.25, 0.3) is 0 Å². The molecule has 0 spiro atoms. The van der Waals surface area contributed by atoms with Gasteiger partial charge >= 0.3 is 0 Å². The Balaban J connectivity index is 1.42. The smallest absolute Gasteiger partial charge is 0.177 e. The minimum atomic E-state index is 0.723. The molecule has 0 fully saturated rings. The molecule has 0 aliphatic carbocycles. The highest BCUT2D eigenvalue weighted by Gasteiger charge is 2.18. The second-order valence-electron chi connectivity index (χ2n) is 7.34. The molecule has 4 heteroatoms. The number of hydrogen-bond acceptors (Lipinski definition) is 4. The first-order chi connectivity index (χ1) is 14.3. The highest BCUT2D eigenvalue weighted by atomic mass is 16.5. The minimum Gasteiger partial charge on any atom is -0.493 e. The number of methoxy groups -OCH3 is 1. The van der Waals surface area contributed by atoms with Crippen LogP contribution in [-0.4, -0.2) is 25.1 Å². The highest BCUT2D eigenvalue weighted by molar-refractivity contribution is 5.89. The SMILES string of the molecule is COc1ccc(CN2CC=C(c3ccccc3)CC2)c2cc(-c3ccco3)oc12. The molecule has 0 amide bonds. The predicted molar refractivity (Wildman–Crippen MR) is 115 cm³/mol. The fourth-order valence-electron chi connectivity index (χ4n) is 4.00. The van der Waals surface area contributed by atoms with Crippen molar-refractivity contribution >= 4 is 16.5 Å². The molecule has 0 N–H and O–H groups in total. The predicted octanol–water partition coefficient (Wildman–Crippen LogP) is 5.99. The van der Waals surface area contributed by atoms with Gasteiger partial charge in [0.05, 0.1) is 13.4 Å². The second-order valence-corrected chi connectivity index (χ2v) is 7.34. The number of benzene rings is 2. The lowest BCUT2D eigenvalue weighted by molar-refractivity contribution is 0.295. The first kappa shape index (κ1) is 17.8. The number of furan rings is 2. The Morgan fingerprint density at radius 2 is 1.90 bits per heavy atom. The molecule has 0 saturated heterocycles. The van der Waals surface area contributed by atoms with E-state index in [1.54, 1.807) is 13.4 Å². The van der Waals surface area contributed by atoms with Gasteiger partial charge in [-0.1, -0.05) is 42.5 Å². The molecule has 2 aromatic carbocycles. The van der Waals surface area contributed by atoms with E-state index in [1.165, 1.54) is 16.7 Å². The van der Waals surface area contributed by atoms with Crippen molar-refractivity contribution in [2.24, 2.45) is 0 Å². The van der Waals surface area contributed by atoms with Crippen LogP contribution in [0.15, 0.2) is 81.8 Å². The standard InChI is InChI=1S/C25H23NO3/c1-27-23-10-9-20(21-16-24(29-25(21)23)22-8-5-15-28-22)17-26-13-11-19(12-14-26)18-6-3-2-4-7-18/h2-11,15-16H,12-14,17H2,1H3. The summed E-state index contributed by atoms with van der Waals surface area (Å²) in [6.45, 7) is 2.86. The van der Waals surface area contributed by atoms with Crippen LogP contribution in [0.2, 0.25) is 0 Å². The zero-order chi connectivity index (χ0) is 19.6. The van der Waals surface area contributed by atoms with Gasteiger partial charge in [-0.2, -0.15) is 0 Å². The maximum atomic E-state index is 6.09. The van der Waals surface area contributed by atoms with Crippen LogP contribution in [0, 0.1) is 0 Å². The number of hydrogen-bond donors (Lipinski definition) is 0. The zero-order valence-electron chi connectivity index (χ0n) is 16.4. The van der Waals surface area contributed by atoms with Crippen LogP contribution in [0.3, 0.4) is 0 Å². The molecule has 0 bridgehead atoms. The van der Waals surface area contributed by atoms with Crippen molar-refractivity contribution in [3.8, 4) is 17.3 Å². The van der Waals surface area contributed by atoms with Gasteiger partial charge in [0, 0.05) is 25.0 Å². The van der Waals surface area contributed by atoms with Crippen LogP contribution < -0.4 is 4.74 Å². The Labute approximate surface area is 170 Å². The number of rotatable bonds is 5. The second kappa shape index (κ2) is 7.64. The Kier molecular flexibility index (Phi) is 4.70. The van der Waals surface area contributed by atoms with Crippen LogP contribution in [-0.2, 0) is 6.54 Å². The topological polar surface area (TPSA) is 38.8 Å². The Morgan fingerprint density at radius 3 is 2.62 bits per heavy atom. The van der Waals surface area contributed by atoms with E-state index in [1.807, 2.05) is 18.2 Å². The summed E-state index contributed by atoms with van der Waals surface area (Å²) in [5.41, 5.74) is 4.77. The molecule has 0 radical (unpaired) electrons. The van der Waals surface area contributed by atoms with Crippen LogP contribution in [0.4, 0.5) is 0 Å². The normalized spacial score (nSPS) is 14.9. The Hall–Kier alpha value is -3.24. The first-order valence-corrected chi connectivity index (χ1v) is 9.92. The molecule has 29 heavy (non-hydrogen) atoms. The van der Waals surface area contributed by atoms with Gasteiger partial charge in [0.15, 0.2) is 22.9 Å². The van der Waals surface area contributed by atoms with E-state index in [0.29, 0.717) is 0 Å². The van der Waals surface area contributed by atoms with E-state index in [0.717, 1.165) is 54.3 Å². The molecule has 0 unspecified atom stereocenters. The molecule has 2 aromatic heterocycles. The maximum absolute atomic E-state index is 6.09. The van der Waals surface area contributed by atoms with E-state index in [2.05, 4.69) is 53.4 Å². The average molecular weight is 385 g/mol. The summed E-state index contributed by atoms with van der Waals surface area (Å²) < 4.78 is 17.1. The lowest BCUT2D eigenvalue weighted by Crippen LogP contribution is -2.28. The van der Waals surface area contributed by atoms with Gasteiger partial charge in [-0.15, -0.1) is 0 Å². The van der Waals surface area contributed by atoms with Gasteiger partial charge in [0.1, 0.15) is 0 Å². The van der Waals surface area contributed by atoms with Crippen molar-refractivity contribution < 1.29 is 13.6 Å². The summed E-state index contributed by atoms with van der Waals surface area (Å²) in [5.74, 6) is 2.19. The fraction of sp³-hybridized carbons (Fsp3) is 0.200. The van der Waals surface area contributed by atoms with Crippen LogP contribution in [0.25, 0.3) is 28.1 Å². The summed E-state index contributed by atoms with van der Waals surface area (Å²) in [6.07, 6.45) is 5.07. The van der Waals surface area contributed by atoms with E-state index in [4.69, 9.17) is 13.6 Å². The minimum absolute atomic E-state index is 0.723. The Morgan fingerprint density at radius 1 is 1.00 bits per heavy atom. The quantitative estimate of drug-likeness (QED) is 0.423. The molecular formula is C25H23NO3. The molecule has 4 aromatic rings. The lowest BCUT2D eigenvalue weighted by Gasteiger charge is -2.26. The van der Waals surface area contributed by atoms with Crippen molar-refractivity contribution in [2.45, 2.75) is 13.0 Å². The molecule has 3 heterocycles. The zero-order valence-corrected chi connectivity index (χ0v) is 16.4. The summed E-state index contributed by atoms with van der Waals surface area (Å²) in [6, 6.07) is 20.6. The largest absolute Gasteiger partial charge is 0.493 e. The van der Waals surface area contributed by atoms with Gasteiger partial charge in [-0.3, -0.25) is 4.90 Å².